The van der Waals surface area contributed by atoms with E-state index in [4.69, 9.17) is 21.4 Å². The van der Waals surface area contributed by atoms with Crippen LogP contribution in [-0.2, 0) is 14.3 Å². The highest BCUT2D eigenvalue weighted by Gasteiger charge is 2.43. The van der Waals surface area contributed by atoms with Gasteiger partial charge in [-0.2, -0.15) is 0 Å². The van der Waals surface area contributed by atoms with E-state index >= 15 is 0 Å². The highest BCUT2D eigenvalue weighted by molar-refractivity contribution is 6.06. The second kappa shape index (κ2) is 6.56. The van der Waals surface area contributed by atoms with Gasteiger partial charge >= 0.3 is 11.9 Å². The molecule has 0 saturated heterocycles. The summed E-state index contributed by atoms with van der Waals surface area (Å²) in [6.45, 7) is 3.20. The normalized spacial score (nSPS) is 14.8. The summed E-state index contributed by atoms with van der Waals surface area (Å²) in [4.78, 5) is 22.6. The molecule has 17 heavy (non-hydrogen) atoms. The molecule has 1 atom stereocenters. The lowest BCUT2D eigenvalue weighted by Crippen LogP contribution is -2.60. The number of esters is 1. The van der Waals surface area contributed by atoms with Crippen LogP contribution in [0.15, 0.2) is 5.10 Å². The maximum atomic E-state index is 11.6. The lowest BCUT2D eigenvalue weighted by molar-refractivity contribution is -0.161. The van der Waals surface area contributed by atoms with Crippen molar-refractivity contribution in [3.63, 3.8) is 0 Å². The molecule has 0 rings (SSSR count). The van der Waals surface area contributed by atoms with Gasteiger partial charge in [-0.3, -0.25) is 0 Å². The molecule has 0 radical (unpaired) electrons. The van der Waals surface area contributed by atoms with E-state index in [-0.39, 0.29) is 12.6 Å². The number of unbranched alkanes of at least 4 members (excludes halogenated alkanes) is 1. The molecule has 0 amide bonds. The van der Waals surface area contributed by atoms with Crippen molar-refractivity contribution in [2.75, 3.05) is 6.61 Å². The Kier molecular flexibility index (Phi) is 5.79. The van der Waals surface area contributed by atoms with E-state index < -0.39 is 17.5 Å². The van der Waals surface area contributed by atoms with Crippen molar-refractivity contribution in [2.45, 2.75) is 32.2 Å². The van der Waals surface area contributed by atoms with E-state index in [0.717, 1.165) is 13.3 Å². The molecule has 0 saturated carbocycles. The van der Waals surface area contributed by atoms with Gasteiger partial charge in [-0.1, -0.05) is 13.3 Å². The number of guanidine groups is 1. The molecule has 0 aliphatic carbocycles. The lowest BCUT2D eigenvalue weighted by atomic mass is 10.0. The Morgan fingerprint density at radius 1 is 1.53 bits per heavy atom. The van der Waals surface area contributed by atoms with Gasteiger partial charge in [0.2, 0.25) is 11.5 Å². The first kappa shape index (κ1) is 15.0. The van der Waals surface area contributed by atoms with E-state index in [1.165, 1.54) is 0 Å². The summed E-state index contributed by atoms with van der Waals surface area (Å²) < 4.78 is 4.82. The number of carboxylic acids is 1. The van der Waals surface area contributed by atoms with Crippen molar-refractivity contribution in [3.8, 4) is 0 Å². The van der Waals surface area contributed by atoms with E-state index in [0.29, 0.717) is 6.42 Å². The maximum Gasteiger partial charge on any atom is 0.343 e. The Balaban J connectivity index is 4.70. The average Bonchev–Trinajstić information content (AvgIpc) is 2.28. The number of hydrogen-bond acceptors (Lipinski definition) is 5. The molecule has 8 heteroatoms. The van der Waals surface area contributed by atoms with Crippen molar-refractivity contribution in [2.24, 2.45) is 16.7 Å². The zero-order valence-corrected chi connectivity index (χ0v) is 9.90. The van der Waals surface area contributed by atoms with Gasteiger partial charge in [0.1, 0.15) is 0 Å². The molecule has 8 nitrogen and oxygen atoms in total. The number of hydrazone groups is 1. The molecule has 0 aromatic heterocycles. The molecule has 0 spiro atoms. The standard InChI is InChI=1S/C9H18N4O4/c1-3-4-5-17-7(16)9(2,6(14)15)12-8(10)13-11/h3-5,11H2,1-2H3,(H,14,15)(H3,10,12,13). The quantitative estimate of drug-likeness (QED) is 0.0891. The zero-order valence-electron chi connectivity index (χ0n) is 9.90. The zero-order chi connectivity index (χ0) is 13.5. The van der Waals surface area contributed by atoms with Crippen molar-refractivity contribution in [3.05, 3.63) is 0 Å². The molecule has 0 bridgehead atoms. The minimum absolute atomic E-state index is 0.152. The summed E-state index contributed by atoms with van der Waals surface area (Å²) in [5.74, 6) is 2.13. The second-order valence-electron chi connectivity index (χ2n) is 3.56. The smallest absolute Gasteiger partial charge is 0.343 e. The van der Waals surface area contributed by atoms with Crippen molar-refractivity contribution < 1.29 is 19.4 Å². The fraction of sp³-hybridized carbons (Fsp3) is 0.667. The Morgan fingerprint density at radius 2 is 2.12 bits per heavy atom. The number of nitrogens with two attached hydrogens (primary N) is 2. The van der Waals surface area contributed by atoms with Crippen LogP contribution in [0, 0.1) is 0 Å². The molecular formula is C9H18N4O4. The molecule has 0 aromatic rings. The van der Waals surface area contributed by atoms with Crippen molar-refractivity contribution in [1.82, 2.24) is 5.32 Å². The van der Waals surface area contributed by atoms with E-state index in [1.54, 1.807) is 0 Å². The molecule has 0 aliphatic heterocycles. The molecule has 0 heterocycles. The first-order valence-corrected chi connectivity index (χ1v) is 5.10. The van der Waals surface area contributed by atoms with Gasteiger partial charge in [-0.15, -0.1) is 5.10 Å². The number of nitrogens with zero attached hydrogens (tertiary/aromatic N) is 1. The predicted octanol–water partition coefficient (Wildman–Crippen LogP) is -1.05. The van der Waals surface area contributed by atoms with Gasteiger partial charge in [0, 0.05) is 0 Å². The fourth-order valence-corrected chi connectivity index (χ4v) is 0.934. The number of aliphatic carboxylic acids is 1. The summed E-state index contributed by atoms with van der Waals surface area (Å²) in [6, 6.07) is 0. The predicted molar refractivity (Wildman–Crippen MR) is 60.9 cm³/mol. The van der Waals surface area contributed by atoms with Crippen molar-refractivity contribution >= 4 is 17.9 Å². The fourth-order valence-electron chi connectivity index (χ4n) is 0.934. The molecule has 0 aliphatic rings. The number of ether oxygens (including phenoxy) is 1. The molecular weight excluding hydrogens is 228 g/mol. The SMILES string of the molecule is CCCCOC(=O)C(C)(N/C(N)=N/N)C(=O)O. The maximum absolute atomic E-state index is 11.6. The van der Waals surface area contributed by atoms with Crippen LogP contribution in [0.1, 0.15) is 26.7 Å². The van der Waals surface area contributed by atoms with E-state index in [1.807, 2.05) is 6.92 Å². The minimum Gasteiger partial charge on any atom is -0.479 e. The van der Waals surface area contributed by atoms with Crippen LogP contribution in [-0.4, -0.2) is 35.2 Å². The van der Waals surface area contributed by atoms with Gasteiger partial charge < -0.3 is 26.7 Å². The number of carbonyl (C=O) groups excluding carboxylic acids is 1. The van der Waals surface area contributed by atoms with Crippen LogP contribution in [0.25, 0.3) is 0 Å². The summed E-state index contributed by atoms with van der Waals surface area (Å²) in [7, 11) is 0. The van der Waals surface area contributed by atoms with Gasteiger partial charge in [-0.05, 0) is 13.3 Å². The first-order chi connectivity index (χ1) is 7.88. The number of carboxylic acid groups (broad SMARTS) is 1. The molecule has 98 valence electrons. The van der Waals surface area contributed by atoms with E-state index in [9.17, 15) is 9.59 Å². The Hall–Kier alpha value is -1.99. The summed E-state index contributed by atoms with van der Waals surface area (Å²) in [6.07, 6.45) is 1.48. The van der Waals surface area contributed by atoms with Crippen LogP contribution >= 0.6 is 0 Å². The third-order valence-corrected chi connectivity index (χ3v) is 2.08. The molecule has 6 N–H and O–H groups in total. The molecule has 0 aromatic carbocycles. The molecule has 1 unspecified atom stereocenters. The Labute approximate surface area is 99.0 Å². The van der Waals surface area contributed by atoms with Crippen LogP contribution < -0.4 is 16.9 Å². The van der Waals surface area contributed by atoms with E-state index in [2.05, 4.69) is 10.4 Å². The van der Waals surface area contributed by atoms with Crippen LogP contribution in [0.2, 0.25) is 0 Å². The first-order valence-electron chi connectivity index (χ1n) is 5.10. The van der Waals surface area contributed by atoms with Gasteiger partial charge in [-0.25, -0.2) is 9.59 Å². The number of hydrogen-bond donors (Lipinski definition) is 4. The average molecular weight is 246 g/mol. The Bertz CT molecular complexity index is 318. The van der Waals surface area contributed by atoms with Crippen molar-refractivity contribution in [1.29, 1.82) is 0 Å². The third-order valence-electron chi connectivity index (χ3n) is 2.08. The summed E-state index contributed by atoms with van der Waals surface area (Å²) in [5, 5.41) is 14.2. The molecule has 0 fully saturated rings. The van der Waals surface area contributed by atoms with Crippen LogP contribution in [0.5, 0.6) is 0 Å². The lowest BCUT2D eigenvalue weighted by Gasteiger charge is -2.24. The summed E-state index contributed by atoms with van der Waals surface area (Å²) >= 11 is 0. The van der Waals surface area contributed by atoms with Gasteiger partial charge in [0.25, 0.3) is 0 Å². The minimum atomic E-state index is -2.00. The second-order valence-corrected chi connectivity index (χ2v) is 3.56. The summed E-state index contributed by atoms with van der Waals surface area (Å²) in [5.41, 5.74) is 3.23. The largest absolute Gasteiger partial charge is 0.479 e. The Morgan fingerprint density at radius 3 is 2.53 bits per heavy atom. The van der Waals surface area contributed by atoms with Crippen LogP contribution in [0.4, 0.5) is 0 Å². The number of rotatable bonds is 6. The topological polar surface area (TPSA) is 140 Å². The third kappa shape index (κ3) is 4.17. The van der Waals surface area contributed by atoms with Gasteiger partial charge in [0.15, 0.2) is 0 Å². The number of carbonyl (C=O) groups is 2. The number of nitrogens with one attached hydrogen (secondary N) is 1. The van der Waals surface area contributed by atoms with Crippen LogP contribution in [0.3, 0.4) is 0 Å². The highest BCUT2D eigenvalue weighted by atomic mass is 16.5. The van der Waals surface area contributed by atoms with Gasteiger partial charge in [0.05, 0.1) is 6.61 Å². The monoisotopic (exact) mass is 246 g/mol. The highest BCUT2D eigenvalue weighted by Crippen LogP contribution is 2.07.